The fraction of sp³-hybridized carbons (Fsp3) is 1.00. The van der Waals surface area contributed by atoms with Crippen LogP contribution < -0.4 is 0 Å². The van der Waals surface area contributed by atoms with Crippen molar-refractivity contribution < 1.29 is 104 Å². The molecule has 0 spiro atoms. The molecule has 5 heterocycles. The monoisotopic (exact) mass is 678 g/mol. The average Bonchev–Trinajstić information content (AvgIpc) is 3.76. The molecule has 5 fully saturated rings. The third-order valence-corrected chi connectivity index (χ3v) is 8.53. The van der Waals surface area contributed by atoms with Crippen LogP contribution in [0.3, 0.4) is 0 Å². The second-order valence-electron chi connectivity index (χ2n) is 11.6. The van der Waals surface area contributed by atoms with Gasteiger partial charge in [0.1, 0.15) is 91.6 Å². The third kappa shape index (κ3) is 7.21. The summed E-state index contributed by atoms with van der Waals surface area (Å²) in [6.07, 6.45) is -28.8. The first-order valence-electron chi connectivity index (χ1n) is 14.7. The summed E-state index contributed by atoms with van der Waals surface area (Å²) in [7, 11) is 0. The summed E-state index contributed by atoms with van der Waals surface area (Å²) in [6, 6.07) is 0. The van der Waals surface area contributed by atoms with Crippen LogP contribution in [0.2, 0.25) is 0 Å². The van der Waals surface area contributed by atoms with Gasteiger partial charge in [-0.2, -0.15) is 0 Å². The highest BCUT2D eigenvalue weighted by molar-refractivity contribution is 4.95. The maximum Gasteiger partial charge on any atom is 0.187 e. The Kier molecular flexibility index (Phi) is 12.2. The van der Waals surface area contributed by atoms with Crippen LogP contribution in [0.4, 0.5) is 0 Å². The Morgan fingerprint density at radius 2 is 0.761 bits per heavy atom. The Hall–Kier alpha value is -0.840. The van der Waals surface area contributed by atoms with Crippen LogP contribution >= 0.6 is 0 Å². The summed E-state index contributed by atoms with van der Waals surface area (Å²) in [5.41, 5.74) is 0. The highest BCUT2D eigenvalue weighted by Gasteiger charge is 2.53. The molecule has 5 rings (SSSR count). The Bertz CT molecular complexity index is 965. The van der Waals surface area contributed by atoms with E-state index in [1.165, 1.54) is 0 Å². The molecule has 268 valence electrons. The van der Waals surface area contributed by atoms with Crippen molar-refractivity contribution in [3.05, 3.63) is 0 Å². The van der Waals surface area contributed by atoms with E-state index in [-0.39, 0.29) is 0 Å². The van der Waals surface area contributed by atoms with Gasteiger partial charge in [-0.3, -0.25) is 0 Å². The van der Waals surface area contributed by atoms with Gasteiger partial charge in [-0.1, -0.05) is 0 Å². The van der Waals surface area contributed by atoms with Crippen molar-refractivity contribution in [1.82, 2.24) is 0 Å². The van der Waals surface area contributed by atoms with Crippen molar-refractivity contribution in [3.63, 3.8) is 0 Å². The lowest BCUT2D eigenvalue weighted by Gasteiger charge is -2.26. The summed E-state index contributed by atoms with van der Waals surface area (Å²) >= 11 is 0. The molecule has 5 aliphatic rings. The van der Waals surface area contributed by atoms with Gasteiger partial charge < -0.3 is 104 Å². The van der Waals surface area contributed by atoms with Gasteiger partial charge in [0.05, 0.1) is 33.0 Å². The molecular formula is C25H42O21. The second kappa shape index (κ2) is 15.4. The molecule has 0 unspecified atom stereocenters. The lowest BCUT2D eigenvalue weighted by molar-refractivity contribution is -0.231. The molecule has 0 bridgehead atoms. The zero-order valence-electron chi connectivity index (χ0n) is 24.1. The third-order valence-electron chi connectivity index (χ3n) is 8.53. The number of hydrogen-bond donors (Lipinski definition) is 12. The maximum absolute atomic E-state index is 10.7. The Morgan fingerprint density at radius 1 is 0.370 bits per heavy atom. The minimum atomic E-state index is -1.74. The second-order valence-corrected chi connectivity index (χ2v) is 11.6. The zero-order chi connectivity index (χ0) is 33.4. The lowest BCUT2D eigenvalue weighted by atomic mass is 10.1. The van der Waals surface area contributed by atoms with Crippen molar-refractivity contribution in [2.24, 2.45) is 0 Å². The number of hydrogen-bond acceptors (Lipinski definition) is 21. The molecule has 12 N–H and O–H groups in total. The topological polar surface area (TPSA) is 326 Å². The van der Waals surface area contributed by atoms with Gasteiger partial charge in [0.2, 0.25) is 0 Å². The summed E-state index contributed by atoms with van der Waals surface area (Å²) in [5.74, 6) is 0. The van der Waals surface area contributed by atoms with Crippen molar-refractivity contribution in [2.45, 2.75) is 123 Å². The van der Waals surface area contributed by atoms with Crippen molar-refractivity contribution in [1.29, 1.82) is 0 Å². The minimum Gasteiger partial charge on any atom is -0.394 e. The summed E-state index contributed by atoms with van der Waals surface area (Å²) < 4.78 is 48.8. The van der Waals surface area contributed by atoms with E-state index in [9.17, 15) is 61.3 Å². The van der Waals surface area contributed by atoms with E-state index in [0.29, 0.717) is 0 Å². The summed E-state index contributed by atoms with van der Waals surface area (Å²) in [4.78, 5) is 0. The van der Waals surface area contributed by atoms with Crippen LogP contribution in [-0.2, 0) is 42.6 Å². The molecule has 20 atom stereocenters. The van der Waals surface area contributed by atoms with Gasteiger partial charge in [0.25, 0.3) is 0 Å². The van der Waals surface area contributed by atoms with E-state index in [1.54, 1.807) is 0 Å². The van der Waals surface area contributed by atoms with E-state index in [4.69, 9.17) is 42.6 Å². The van der Waals surface area contributed by atoms with Crippen LogP contribution in [0.25, 0.3) is 0 Å². The van der Waals surface area contributed by atoms with Crippen LogP contribution in [0.5, 0.6) is 0 Å². The van der Waals surface area contributed by atoms with Crippen molar-refractivity contribution in [2.75, 3.05) is 33.0 Å². The highest BCUT2D eigenvalue weighted by atomic mass is 16.8. The van der Waals surface area contributed by atoms with Crippen molar-refractivity contribution in [3.8, 4) is 0 Å². The molecule has 0 aliphatic carbocycles. The highest BCUT2D eigenvalue weighted by Crippen LogP contribution is 2.33. The van der Waals surface area contributed by atoms with Crippen LogP contribution in [0.15, 0.2) is 0 Å². The van der Waals surface area contributed by atoms with E-state index in [1.807, 2.05) is 0 Å². The Balaban J connectivity index is 1.12. The molecule has 0 amide bonds. The first-order valence-corrected chi connectivity index (χ1v) is 14.7. The van der Waals surface area contributed by atoms with Crippen molar-refractivity contribution >= 4 is 0 Å². The predicted octanol–water partition coefficient (Wildman–Crippen LogP) is -8.73. The van der Waals surface area contributed by atoms with Gasteiger partial charge >= 0.3 is 0 Å². The largest absolute Gasteiger partial charge is 0.394 e. The first-order chi connectivity index (χ1) is 21.9. The van der Waals surface area contributed by atoms with Gasteiger partial charge in [0.15, 0.2) is 31.5 Å². The number of aliphatic hydroxyl groups is 12. The van der Waals surface area contributed by atoms with Crippen LogP contribution in [0, 0.1) is 0 Å². The van der Waals surface area contributed by atoms with E-state index in [0.717, 1.165) is 0 Å². The molecule has 5 aliphatic heterocycles. The Morgan fingerprint density at radius 3 is 1.26 bits per heavy atom. The number of rotatable bonds is 13. The van der Waals surface area contributed by atoms with Gasteiger partial charge in [-0.25, -0.2) is 0 Å². The van der Waals surface area contributed by atoms with Crippen LogP contribution in [-0.4, -0.2) is 217 Å². The van der Waals surface area contributed by atoms with Gasteiger partial charge in [-0.05, 0) is 0 Å². The minimum absolute atomic E-state index is 0.479. The molecule has 21 heteroatoms. The molecule has 46 heavy (non-hydrogen) atoms. The lowest BCUT2D eigenvalue weighted by Crippen LogP contribution is -2.44. The fourth-order valence-electron chi connectivity index (χ4n) is 5.81. The van der Waals surface area contributed by atoms with Gasteiger partial charge in [-0.15, -0.1) is 0 Å². The maximum atomic E-state index is 10.7. The molecule has 0 aromatic rings. The predicted molar refractivity (Wildman–Crippen MR) is 136 cm³/mol. The summed E-state index contributed by atoms with van der Waals surface area (Å²) in [6.45, 7) is -2.86. The normalized spacial score (nSPS) is 52.7. The SMILES string of the molecule is OC[C@@H]1O[C@@H](O[C@@H]2[C@@H](O)[C@H](O)O[C@H]2CO[C@@H]2O[C@@H](CO[C@@H]3O[C@@H](CO)[C@H](O[C@@H]4O[C@@H](CO)[C@H](O)[C@H]4O)[C@H]3O)[C@H](O)[C@H]2O)[C@H](O)[C@H]1O. The van der Waals surface area contributed by atoms with Gasteiger partial charge in [0, 0.05) is 0 Å². The standard InChI is InChI=1S/C25H42O21/c26-1-6-11(29)15(33)24(41-6)45-19-8(3-28)43-23(18(19)36)38-4-9-13(31)14(32)22(44-9)39-5-10-20(17(35)21(37)40-10)46-25-16(34)12(30)7(2-27)42-25/h6-37H,1-5H2/t6-,7-,8-,9-,10-,11-,12-,13-,14+,15+,16+,17+,18+,19-,20-,21+,22+,23+,24-,25-/m0/s1. The molecular weight excluding hydrogens is 636 g/mol. The molecule has 0 aromatic heterocycles. The first kappa shape index (κ1) is 36.4. The summed E-state index contributed by atoms with van der Waals surface area (Å²) in [5, 5.41) is 120. The van der Waals surface area contributed by atoms with E-state index < -0.39 is 156 Å². The zero-order valence-corrected chi connectivity index (χ0v) is 24.1. The van der Waals surface area contributed by atoms with E-state index >= 15 is 0 Å². The number of ether oxygens (including phenoxy) is 9. The molecule has 0 radical (unpaired) electrons. The fourth-order valence-corrected chi connectivity index (χ4v) is 5.81. The Labute approximate surface area is 260 Å². The molecule has 21 nitrogen and oxygen atoms in total. The molecule has 5 saturated heterocycles. The van der Waals surface area contributed by atoms with Crippen LogP contribution in [0.1, 0.15) is 0 Å². The average molecular weight is 679 g/mol. The molecule has 0 saturated carbocycles. The van der Waals surface area contributed by atoms with E-state index in [2.05, 4.69) is 0 Å². The molecule has 0 aromatic carbocycles. The smallest absolute Gasteiger partial charge is 0.187 e. The quantitative estimate of drug-likeness (QED) is 0.0860. The number of aliphatic hydroxyl groups excluding tert-OH is 12.